The van der Waals surface area contributed by atoms with Crippen molar-refractivity contribution in [2.24, 2.45) is 0 Å². The summed E-state index contributed by atoms with van der Waals surface area (Å²) in [6.07, 6.45) is 0. The normalized spacial score (nSPS) is 9.29. The van der Waals surface area contributed by atoms with Crippen LogP contribution >= 0.6 is 11.5 Å². The Kier molecular flexibility index (Phi) is 0.941. The number of nitrogens with zero attached hydrogens (tertiary/aromatic N) is 2. The molecule has 0 saturated carbocycles. The molecule has 3 nitrogen and oxygen atoms in total. The highest BCUT2D eigenvalue weighted by atomic mass is 32.1. The van der Waals surface area contributed by atoms with Crippen molar-refractivity contribution in [2.45, 2.75) is 6.92 Å². The molecule has 0 bridgehead atoms. The summed E-state index contributed by atoms with van der Waals surface area (Å²) in [6.45, 7) is 1.69. The van der Waals surface area contributed by atoms with Gasteiger partial charge in [-0.25, -0.2) is 0 Å². The molecule has 4 heteroatoms. The van der Waals surface area contributed by atoms with Gasteiger partial charge in [0, 0.05) is 11.5 Å². The quantitative estimate of drug-likeness (QED) is 0.506. The Morgan fingerprint density at radius 3 is 2.57 bits per heavy atom. The summed E-state index contributed by atoms with van der Waals surface area (Å²) in [5, 5.41) is 9.92. The van der Waals surface area contributed by atoms with E-state index in [1.807, 2.05) is 0 Å². The SMILES string of the molecule is Cc1nsc([O])n1. The summed E-state index contributed by atoms with van der Waals surface area (Å²) >= 11 is 0.888. The minimum atomic E-state index is -0.211. The lowest BCUT2D eigenvalue weighted by Gasteiger charge is -1.64. The van der Waals surface area contributed by atoms with E-state index in [-0.39, 0.29) is 5.19 Å². The lowest BCUT2D eigenvalue weighted by molar-refractivity contribution is 0.351. The first-order valence-electron chi connectivity index (χ1n) is 1.76. The van der Waals surface area contributed by atoms with Crippen LogP contribution in [0.5, 0.6) is 5.19 Å². The Balaban J connectivity index is 3.04. The third-order valence-corrected chi connectivity index (χ3v) is 1.11. The minimum absolute atomic E-state index is 0.211. The first-order chi connectivity index (χ1) is 3.29. The summed E-state index contributed by atoms with van der Waals surface area (Å²) in [5.74, 6) is 0.565. The molecule has 1 rings (SSSR count). The Labute approximate surface area is 44.8 Å². The highest BCUT2D eigenvalue weighted by Gasteiger charge is 1.94. The van der Waals surface area contributed by atoms with Crippen LogP contribution in [-0.4, -0.2) is 9.36 Å². The molecule has 0 aliphatic heterocycles. The Bertz CT molecular complexity index is 145. The molecule has 1 aromatic rings. The topological polar surface area (TPSA) is 45.7 Å². The van der Waals surface area contributed by atoms with Gasteiger partial charge in [0.2, 0.25) is 0 Å². The number of hydrogen-bond donors (Lipinski definition) is 0. The summed E-state index contributed by atoms with van der Waals surface area (Å²) in [5.41, 5.74) is 0. The fourth-order valence-electron chi connectivity index (χ4n) is 0.278. The molecule has 0 aromatic carbocycles. The number of aryl methyl sites for hydroxylation is 1. The van der Waals surface area contributed by atoms with Crippen LogP contribution in [0, 0.1) is 6.92 Å². The predicted octanol–water partition coefficient (Wildman–Crippen LogP) is 0.990. The number of hydrogen-bond acceptors (Lipinski definition) is 3. The molecule has 37 valence electrons. The van der Waals surface area contributed by atoms with Gasteiger partial charge in [0.05, 0.1) is 0 Å². The van der Waals surface area contributed by atoms with Crippen molar-refractivity contribution in [1.82, 2.24) is 9.36 Å². The Morgan fingerprint density at radius 1 is 1.71 bits per heavy atom. The van der Waals surface area contributed by atoms with Crippen LogP contribution in [0.25, 0.3) is 0 Å². The van der Waals surface area contributed by atoms with Crippen molar-refractivity contribution in [3.8, 4) is 5.19 Å². The van der Waals surface area contributed by atoms with Gasteiger partial charge in [-0.05, 0) is 6.92 Å². The molecule has 0 saturated heterocycles. The molecule has 7 heavy (non-hydrogen) atoms. The van der Waals surface area contributed by atoms with E-state index in [9.17, 15) is 5.11 Å². The largest absolute Gasteiger partial charge is 0.345 e. The molecule has 1 aromatic heterocycles. The third kappa shape index (κ3) is 0.866. The smallest absolute Gasteiger partial charge is 0.253 e. The second-order valence-corrected chi connectivity index (χ2v) is 1.82. The summed E-state index contributed by atoms with van der Waals surface area (Å²) in [4.78, 5) is 3.46. The van der Waals surface area contributed by atoms with Gasteiger partial charge >= 0.3 is 5.19 Å². The first-order valence-corrected chi connectivity index (χ1v) is 2.54. The van der Waals surface area contributed by atoms with Crippen LogP contribution in [0.1, 0.15) is 5.82 Å². The van der Waals surface area contributed by atoms with Crippen molar-refractivity contribution < 1.29 is 5.11 Å². The van der Waals surface area contributed by atoms with Gasteiger partial charge in [-0.2, -0.15) is 9.36 Å². The molecule has 0 aliphatic carbocycles. The Hall–Kier alpha value is -0.640. The van der Waals surface area contributed by atoms with E-state index in [4.69, 9.17) is 0 Å². The summed E-state index contributed by atoms with van der Waals surface area (Å²) in [7, 11) is 0. The molecule has 1 radical (unpaired) electrons. The zero-order chi connectivity index (χ0) is 5.28. The van der Waals surface area contributed by atoms with Crippen LogP contribution in [0.15, 0.2) is 0 Å². The van der Waals surface area contributed by atoms with Gasteiger partial charge in [-0.1, -0.05) is 0 Å². The minimum Gasteiger partial charge on any atom is -0.253 e. The van der Waals surface area contributed by atoms with Crippen LogP contribution in [0.3, 0.4) is 0 Å². The monoisotopic (exact) mass is 115 g/mol. The predicted molar refractivity (Wildman–Crippen MR) is 24.8 cm³/mol. The van der Waals surface area contributed by atoms with Crippen LogP contribution in [0.4, 0.5) is 0 Å². The van der Waals surface area contributed by atoms with Crippen molar-refractivity contribution in [3.63, 3.8) is 0 Å². The highest BCUT2D eigenvalue weighted by Crippen LogP contribution is 2.09. The average molecular weight is 115 g/mol. The van der Waals surface area contributed by atoms with Gasteiger partial charge in [-0.3, -0.25) is 5.11 Å². The van der Waals surface area contributed by atoms with E-state index in [0.717, 1.165) is 11.5 Å². The van der Waals surface area contributed by atoms with Crippen molar-refractivity contribution in [3.05, 3.63) is 5.82 Å². The second kappa shape index (κ2) is 1.46. The molecule has 0 unspecified atom stereocenters. The van der Waals surface area contributed by atoms with Gasteiger partial charge in [-0.15, -0.1) is 0 Å². The van der Waals surface area contributed by atoms with E-state index in [1.165, 1.54) is 0 Å². The molecule has 0 N–H and O–H groups in total. The molecule has 1 heterocycles. The van der Waals surface area contributed by atoms with E-state index >= 15 is 0 Å². The van der Waals surface area contributed by atoms with Gasteiger partial charge < -0.3 is 0 Å². The van der Waals surface area contributed by atoms with Gasteiger partial charge in [0.25, 0.3) is 0 Å². The van der Waals surface area contributed by atoms with Gasteiger partial charge in [0.15, 0.2) is 0 Å². The molecular weight excluding hydrogens is 112 g/mol. The lowest BCUT2D eigenvalue weighted by atomic mass is 10.8. The highest BCUT2D eigenvalue weighted by molar-refractivity contribution is 7.07. The maximum atomic E-state index is 10.1. The number of aromatic nitrogens is 2. The fraction of sp³-hybridized carbons (Fsp3) is 0.333. The number of rotatable bonds is 0. The van der Waals surface area contributed by atoms with Crippen molar-refractivity contribution in [1.29, 1.82) is 0 Å². The van der Waals surface area contributed by atoms with E-state index in [2.05, 4.69) is 9.36 Å². The van der Waals surface area contributed by atoms with E-state index in [0.29, 0.717) is 5.82 Å². The maximum Gasteiger partial charge on any atom is 0.345 e. The van der Waals surface area contributed by atoms with Crippen molar-refractivity contribution >= 4 is 11.5 Å². The molecule has 0 amide bonds. The fourth-order valence-corrected chi connectivity index (χ4v) is 0.702. The molecular formula is C3H3N2OS. The standard InChI is InChI=1S/C3H3N2OS/c1-2-4-3(6)7-5-2/h1H3. The Morgan fingerprint density at radius 2 is 2.43 bits per heavy atom. The van der Waals surface area contributed by atoms with E-state index in [1.54, 1.807) is 6.92 Å². The van der Waals surface area contributed by atoms with E-state index < -0.39 is 0 Å². The van der Waals surface area contributed by atoms with Gasteiger partial charge in [0.1, 0.15) is 5.82 Å². The van der Waals surface area contributed by atoms with Crippen LogP contribution < -0.4 is 0 Å². The molecule has 0 fully saturated rings. The second-order valence-electron chi connectivity index (χ2n) is 1.11. The molecule has 0 aliphatic rings. The summed E-state index contributed by atoms with van der Waals surface area (Å²) < 4.78 is 3.63. The van der Waals surface area contributed by atoms with Crippen LogP contribution in [0.2, 0.25) is 0 Å². The molecule has 0 spiro atoms. The van der Waals surface area contributed by atoms with Crippen LogP contribution in [-0.2, 0) is 5.11 Å². The zero-order valence-electron chi connectivity index (χ0n) is 3.71. The lowest BCUT2D eigenvalue weighted by Crippen LogP contribution is -1.67. The third-order valence-electron chi connectivity index (χ3n) is 0.509. The summed E-state index contributed by atoms with van der Waals surface area (Å²) in [6, 6.07) is 0. The average Bonchev–Trinajstić information content (AvgIpc) is 1.87. The molecule has 0 atom stereocenters. The van der Waals surface area contributed by atoms with Crippen molar-refractivity contribution in [2.75, 3.05) is 0 Å². The first kappa shape index (κ1) is 4.52. The maximum absolute atomic E-state index is 10.1. The zero-order valence-corrected chi connectivity index (χ0v) is 4.53.